The first-order chi connectivity index (χ1) is 18.8. The van der Waals surface area contributed by atoms with E-state index in [1.165, 1.54) is 52.5 Å². The van der Waals surface area contributed by atoms with E-state index in [9.17, 15) is 0 Å². The van der Waals surface area contributed by atoms with E-state index < -0.39 is 0 Å². The predicted octanol–water partition coefficient (Wildman–Crippen LogP) is 11.0. The maximum absolute atomic E-state index is 2.38. The molecule has 0 saturated heterocycles. The minimum absolute atomic E-state index is 1.15. The lowest BCUT2D eigenvalue weighted by Crippen LogP contribution is -2.09. The molecule has 1 aromatic heterocycles. The normalized spacial score (nSPS) is 11.7. The number of hydrogen-bond acceptors (Lipinski definition) is 2. The monoisotopic (exact) mass is 501 g/mol. The molecule has 1 nitrogen and oxygen atoms in total. The van der Waals surface area contributed by atoms with Crippen molar-refractivity contribution >= 4 is 80.9 Å². The van der Waals surface area contributed by atoms with Crippen LogP contribution in [0.25, 0.3) is 52.5 Å². The molecule has 0 bridgehead atoms. The highest BCUT2D eigenvalue weighted by atomic mass is 32.1. The fourth-order valence-electron chi connectivity index (χ4n) is 5.91. The molecule has 0 atom stereocenters. The second kappa shape index (κ2) is 8.44. The lowest BCUT2D eigenvalue weighted by Gasteiger charge is -2.26. The van der Waals surface area contributed by atoms with Crippen LogP contribution in [0, 0.1) is 0 Å². The second-order valence-corrected chi connectivity index (χ2v) is 10.9. The second-order valence-electron chi connectivity index (χ2n) is 9.77. The molecule has 0 spiro atoms. The van der Waals surface area contributed by atoms with Gasteiger partial charge in [0.15, 0.2) is 0 Å². The third kappa shape index (κ3) is 3.24. The smallest absolute Gasteiger partial charge is 0.0468 e. The molecule has 178 valence electrons. The van der Waals surface area contributed by atoms with E-state index in [1.54, 1.807) is 0 Å². The van der Waals surface area contributed by atoms with Crippen LogP contribution in [-0.4, -0.2) is 0 Å². The summed E-state index contributed by atoms with van der Waals surface area (Å²) in [5.74, 6) is 0. The highest BCUT2D eigenvalue weighted by molar-refractivity contribution is 7.25. The molecule has 0 saturated carbocycles. The van der Waals surface area contributed by atoms with Crippen LogP contribution in [-0.2, 0) is 0 Å². The Balaban J connectivity index is 1.42. The molecule has 0 aliphatic heterocycles. The average molecular weight is 502 g/mol. The summed E-state index contributed by atoms with van der Waals surface area (Å²) in [6, 6.07) is 50.8. The highest BCUT2D eigenvalue weighted by Crippen LogP contribution is 2.43. The fraction of sp³-hybridized carbons (Fsp3) is 0. The van der Waals surface area contributed by atoms with Crippen molar-refractivity contribution in [1.29, 1.82) is 0 Å². The average Bonchev–Trinajstić information content (AvgIpc) is 3.36. The fourth-order valence-corrected chi connectivity index (χ4v) is 7.00. The third-order valence-corrected chi connectivity index (χ3v) is 8.77. The zero-order valence-electron chi connectivity index (χ0n) is 20.6. The Labute approximate surface area is 224 Å². The van der Waals surface area contributed by atoms with Crippen LogP contribution >= 0.6 is 11.3 Å². The van der Waals surface area contributed by atoms with Gasteiger partial charge in [0.2, 0.25) is 0 Å². The Kier molecular flexibility index (Phi) is 4.76. The molecule has 8 aromatic rings. The first-order valence-corrected chi connectivity index (χ1v) is 13.8. The van der Waals surface area contributed by atoms with Crippen molar-refractivity contribution in [2.24, 2.45) is 0 Å². The van der Waals surface area contributed by atoms with E-state index in [1.807, 2.05) is 11.3 Å². The van der Waals surface area contributed by atoms with E-state index >= 15 is 0 Å². The van der Waals surface area contributed by atoms with Crippen LogP contribution in [0.5, 0.6) is 0 Å². The van der Waals surface area contributed by atoms with Gasteiger partial charge in [0.25, 0.3) is 0 Å². The Morgan fingerprint density at radius 3 is 1.47 bits per heavy atom. The molecule has 8 rings (SSSR count). The van der Waals surface area contributed by atoms with Crippen molar-refractivity contribution in [3.63, 3.8) is 0 Å². The molecule has 0 aliphatic rings. The highest BCUT2D eigenvalue weighted by Gasteiger charge is 2.16. The Bertz CT molecular complexity index is 2100. The number of nitrogens with zero attached hydrogens (tertiary/aromatic N) is 1. The van der Waals surface area contributed by atoms with Crippen LogP contribution < -0.4 is 4.90 Å². The Morgan fingerprint density at radius 1 is 0.316 bits per heavy atom. The van der Waals surface area contributed by atoms with Crippen LogP contribution in [0.4, 0.5) is 17.1 Å². The largest absolute Gasteiger partial charge is 0.310 e. The lowest BCUT2D eigenvalue weighted by molar-refractivity contribution is 1.30. The van der Waals surface area contributed by atoms with Crippen molar-refractivity contribution < 1.29 is 0 Å². The molecule has 0 unspecified atom stereocenters. The summed E-state index contributed by atoms with van der Waals surface area (Å²) >= 11 is 1.86. The van der Waals surface area contributed by atoms with Gasteiger partial charge in [-0.2, -0.15) is 0 Å². The third-order valence-electron chi connectivity index (χ3n) is 7.62. The summed E-state index contributed by atoms with van der Waals surface area (Å²) in [4.78, 5) is 2.38. The summed E-state index contributed by atoms with van der Waals surface area (Å²) in [6.45, 7) is 0. The Morgan fingerprint density at radius 2 is 0.789 bits per heavy atom. The summed E-state index contributed by atoms with van der Waals surface area (Å²) in [5, 5.41) is 10.4. The zero-order chi connectivity index (χ0) is 25.1. The summed E-state index contributed by atoms with van der Waals surface area (Å²) < 4.78 is 2.65. The number of rotatable bonds is 3. The van der Waals surface area contributed by atoms with Gasteiger partial charge in [-0.25, -0.2) is 0 Å². The number of thiophene rings is 1. The predicted molar refractivity (Wildman–Crippen MR) is 167 cm³/mol. The molecule has 7 aromatic carbocycles. The number of hydrogen-bond donors (Lipinski definition) is 0. The molecule has 0 radical (unpaired) electrons. The van der Waals surface area contributed by atoms with Gasteiger partial charge in [-0.15, -0.1) is 11.3 Å². The van der Waals surface area contributed by atoms with Gasteiger partial charge < -0.3 is 4.90 Å². The van der Waals surface area contributed by atoms with Gasteiger partial charge in [0.1, 0.15) is 0 Å². The number of para-hydroxylation sites is 1. The molecular weight excluding hydrogens is 478 g/mol. The molecule has 0 N–H and O–H groups in total. The van der Waals surface area contributed by atoms with Crippen molar-refractivity contribution in [1.82, 2.24) is 0 Å². The van der Waals surface area contributed by atoms with E-state index in [4.69, 9.17) is 0 Å². The maximum Gasteiger partial charge on any atom is 0.0468 e. The SMILES string of the molecule is c1ccc(N(c2ccc3sc4ccccc4c3c2)c2ccc3c4ccccc4c4ccccc4c3c2)cc1. The zero-order valence-corrected chi connectivity index (χ0v) is 21.5. The lowest BCUT2D eigenvalue weighted by atomic mass is 9.94. The Hall–Kier alpha value is -4.66. The topological polar surface area (TPSA) is 3.24 Å². The standard InChI is InChI=1S/C36H23NS/c1-2-10-24(11-3-1)37(26-19-21-36-34(23-26)32-16-8-9-17-35(32)38-36)25-18-20-31-29-14-5-4-12-27(29)28-13-6-7-15-30(28)33(31)22-25/h1-23H. The first-order valence-electron chi connectivity index (χ1n) is 12.9. The minimum atomic E-state index is 1.15. The molecular formula is C36H23NS. The molecule has 2 heteroatoms. The van der Waals surface area contributed by atoms with Crippen LogP contribution in [0.1, 0.15) is 0 Å². The van der Waals surface area contributed by atoms with E-state index in [2.05, 4.69) is 144 Å². The first kappa shape index (κ1) is 21.4. The number of benzene rings is 7. The van der Waals surface area contributed by atoms with Crippen molar-refractivity contribution in [2.45, 2.75) is 0 Å². The quantitative estimate of drug-likeness (QED) is 0.218. The van der Waals surface area contributed by atoms with E-state index in [0.29, 0.717) is 0 Å². The molecule has 0 aliphatic carbocycles. The molecule has 1 heterocycles. The van der Waals surface area contributed by atoms with Gasteiger partial charge in [-0.05, 0) is 80.8 Å². The molecule has 0 amide bonds. The van der Waals surface area contributed by atoms with Crippen molar-refractivity contribution in [3.05, 3.63) is 140 Å². The van der Waals surface area contributed by atoms with Crippen molar-refractivity contribution in [3.8, 4) is 0 Å². The summed E-state index contributed by atoms with van der Waals surface area (Å²) in [5.41, 5.74) is 3.47. The van der Waals surface area contributed by atoms with Gasteiger partial charge in [0, 0.05) is 37.2 Å². The van der Waals surface area contributed by atoms with Crippen molar-refractivity contribution in [2.75, 3.05) is 4.90 Å². The van der Waals surface area contributed by atoms with Crippen LogP contribution in [0.2, 0.25) is 0 Å². The van der Waals surface area contributed by atoms with Gasteiger partial charge in [0.05, 0.1) is 0 Å². The van der Waals surface area contributed by atoms with E-state index in [0.717, 1.165) is 17.1 Å². The molecule has 38 heavy (non-hydrogen) atoms. The van der Waals surface area contributed by atoms with Crippen LogP contribution in [0.15, 0.2) is 140 Å². The van der Waals surface area contributed by atoms with Gasteiger partial charge >= 0.3 is 0 Å². The maximum atomic E-state index is 2.38. The van der Waals surface area contributed by atoms with Gasteiger partial charge in [-0.3, -0.25) is 0 Å². The van der Waals surface area contributed by atoms with Gasteiger partial charge in [-0.1, -0.05) is 91.0 Å². The molecule has 0 fully saturated rings. The number of fused-ring (bicyclic) bond motifs is 9. The summed E-state index contributed by atoms with van der Waals surface area (Å²) in [7, 11) is 0. The van der Waals surface area contributed by atoms with E-state index in [-0.39, 0.29) is 0 Å². The number of anilines is 3. The summed E-state index contributed by atoms with van der Waals surface area (Å²) in [6.07, 6.45) is 0. The van der Waals surface area contributed by atoms with Crippen LogP contribution in [0.3, 0.4) is 0 Å². The minimum Gasteiger partial charge on any atom is -0.310 e.